The number of nitrogens with zero attached hydrogens (tertiary/aromatic N) is 3. The topological polar surface area (TPSA) is 36.4 Å². The predicted molar refractivity (Wildman–Crippen MR) is 91.6 cm³/mol. The van der Waals surface area contributed by atoms with Gasteiger partial charge in [0.15, 0.2) is 5.13 Å². The molecule has 0 unspecified atom stereocenters. The van der Waals surface area contributed by atoms with Crippen LogP contribution < -0.4 is 4.90 Å². The molecule has 1 aliphatic heterocycles. The van der Waals surface area contributed by atoms with Crippen LogP contribution in [-0.4, -0.2) is 42.0 Å². The summed E-state index contributed by atoms with van der Waals surface area (Å²) in [5.41, 5.74) is 0.657. The zero-order chi connectivity index (χ0) is 14.8. The summed E-state index contributed by atoms with van der Waals surface area (Å²) in [6.45, 7) is 3.05. The lowest BCUT2D eigenvalue weighted by Gasteiger charge is -2.34. The van der Waals surface area contributed by atoms with Gasteiger partial charge in [-0.05, 0) is 18.2 Å². The van der Waals surface area contributed by atoms with Crippen LogP contribution in [0.3, 0.4) is 0 Å². The van der Waals surface area contributed by atoms with Crippen molar-refractivity contribution in [1.29, 1.82) is 0 Å². The van der Waals surface area contributed by atoms with Gasteiger partial charge in [-0.15, -0.1) is 24.0 Å². The third-order valence-electron chi connectivity index (χ3n) is 3.45. The highest BCUT2D eigenvalue weighted by atomic mass is 79.9. The minimum absolute atomic E-state index is 0.0475. The van der Waals surface area contributed by atoms with Crippen LogP contribution in [0.1, 0.15) is 10.4 Å². The monoisotopic (exact) mass is 383 g/mol. The zero-order valence-corrected chi connectivity index (χ0v) is 14.5. The van der Waals surface area contributed by atoms with Gasteiger partial charge in [0.2, 0.25) is 0 Å². The second-order valence-electron chi connectivity index (χ2n) is 4.76. The van der Waals surface area contributed by atoms with E-state index in [1.165, 1.54) is 0 Å². The average Bonchev–Trinajstić information content (AvgIpc) is 3.01. The smallest absolute Gasteiger partial charge is 0.255 e. The Morgan fingerprint density at radius 1 is 1.29 bits per heavy atom. The van der Waals surface area contributed by atoms with Crippen LogP contribution in [0, 0.1) is 0 Å². The molecule has 1 aromatic heterocycles. The molecule has 1 amide bonds. The van der Waals surface area contributed by atoms with E-state index < -0.39 is 0 Å². The normalized spacial score (nSPS) is 15.3. The highest BCUT2D eigenvalue weighted by Crippen LogP contribution is 2.23. The Hall–Kier alpha value is -1.05. The molecule has 21 heavy (non-hydrogen) atoms. The van der Waals surface area contributed by atoms with Crippen molar-refractivity contribution in [1.82, 2.24) is 9.88 Å². The van der Waals surface area contributed by atoms with E-state index in [4.69, 9.17) is 0 Å². The second kappa shape index (κ2) is 6.37. The summed E-state index contributed by atoms with van der Waals surface area (Å²) in [5, 5.41) is 3.00. The Labute approximate surface area is 141 Å². The van der Waals surface area contributed by atoms with Gasteiger partial charge in [0.05, 0.1) is 5.56 Å². The van der Waals surface area contributed by atoms with Crippen LogP contribution in [0.5, 0.6) is 0 Å². The lowest BCUT2D eigenvalue weighted by molar-refractivity contribution is 0.0743. The van der Waals surface area contributed by atoms with Crippen LogP contribution in [0.4, 0.5) is 5.13 Å². The number of halogens is 1. The quantitative estimate of drug-likeness (QED) is 0.809. The van der Waals surface area contributed by atoms with Gasteiger partial charge in [0.1, 0.15) is 0 Å². The van der Waals surface area contributed by atoms with Crippen molar-refractivity contribution in [3.8, 4) is 0 Å². The largest absolute Gasteiger partial charge is 0.345 e. The third kappa shape index (κ3) is 3.25. The number of anilines is 1. The number of carbonyl (C=O) groups excluding carboxylic acids is 1. The number of thiazole rings is 1. The molecule has 1 fully saturated rings. The molecule has 1 saturated heterocycles. The Kier molecular flexibility index (Phi) is 4.51. The summed E-state index contributed by atoms with van der Waals surface area (Å²) >= 11 is 9.42. The van der Waals surface area contributed by atoms with E-state index in [1.807, 2.05) is 34.7 Å². The summed E-state index contributed by atoms with van der Waals surface area (Å²) in [7, 11) is 0. The Bertz CT molecular complexity index is 640. The first-order valence-corrected chi connectivity index (χ1v) is 8.69. The molecule has 110 valence electrons. The van der Waals surface area contributed by atoms with E-state index in [-0.39, 0.29) is 5.91 Å². The molecule has 1 aliphatic rings. The van der Waals surface area contributed by atoms with Crippen LogP contribution in [0.25, 0.3) is 0 Å². The van der Waals surface area contributed by atoms with E-state index in [2.05, 4.69) is 38.4 Å². The van der Waals surface area contributed by atoms with Crippen LogP contribution in [0.15, 0.2) is 39.1 Å². The molecule has 2 heterocycles. The van der Waals surface area contributed by atoms with Gasteiger partial charge in [0.25, 0.3) is 5.91 Å². The van der Waals surface area contributed by atoms with E-state index >= 15 is 0 Å². The van der Waals surface area contributed by atoms with Crippen molar-refractivity contribution in [3.05, 3.63) is 39.8 Å². The highest BCUT2D eigenvalue weighted by Gasteiger charge is 2.24. The lowest BCUT2D eigenvalue weighted by atomic mass is 10.2. The number of aromatic nitrogens is 1. The Morgan fingerprint density at radius 3 is 2.67 bits per heavy atom. The number of amides is 1. The van der Waals surface area contributed by atoms with Crippen molar-refractivity contribution in [2.75, 3.05) is 31.1 Å². The van der Waals surface area contributed by atoms with Crippen molar-refractivity contribution in [3.63, 3.8) is 0 Å². The van der Waals surface area contributed by atoms with E-state index in [9.17, 15) is 4.79 Å². The lowest BCUT2D eigenvalue weighted by Crippen LogP contribution is -2.48. The van der Waals surface area contributed by atoms with Crippen molar-refractivity contribution >= 4 is 50.9 Å². The summed E-state index contributed by atoms with van der Waals surface area (Å²) in [4.78, 5) is 21.7. The number of hydrogen-bond donors (Lipinski definition) is 1. The zero-order valence-electron chi connectivity index (χ0n) is 11.2. The number of piperazine rings is 1. The fourth-order valence-corrected chi connectivity index (χ4v) is 3.87. The Morgan fingerprint density at radius 2 is 2.05 bits per heavy atom. The fourth-order valence-electron chi connectivity index (χ4n) is 2.33. The molecule has 0 atom stereocenters. The summed E-state index contributed by atoms with van der Waals surface area (Å²) in [6, 6.07) is 5.54. The van der Waals surface area contributed by atoms with Gasteiger partial charge in [-0.25, -0.2) is 4.98 Å². The standard InChI is InChI=1S/C14H14BrN3OS2/c15-10-1-2-11(12(20)9-10)13(19)17-4-6-18(7-5-17)14-16-3-8-21-14/h1-3,8-9,20H,4-7H2. The summed E-state index contributed by atoms with van der Waals surface area (Å²) in [6.07, 6.45) is 1.81. The van der Waals surface area contributed by atoms with E-state index in [0.717, 1.165) is 22.7 Å². The molecule has 3 rings (SSSR count). The van der Waals surface area contributed by atoms with E-state index in [0.29, 0.717) is 23.5 Å². The molecule has 0 spiro atoms. The molecule has 0 radical (unpaired) electrons. The van der Waals surface area contributed by atoms with Gasteiger partial charge >= 0.3 is 0 Å². The van der Waals surface area contributed by atoms with Crippen LogP contribution in [-0.2, 0) is 0 Å². The second-order valence-corrected chi connectivity index (χ2v) is 7.03. The maximum atomic E-state index is 12.6. The molecular weight excluding hydrogens is 370 g/mol. The van der Waals surface area contributed by atoms with Gasteiger partial charge < -0.3 is 9.80 Å². The summed E-state index contributed by atoms with van der Waals surface area (Å²) in [5.74, 6) is 0.0475. The first kappa shape index (κ1) is 14.9. The molecule has 4 nitrogen and oxygen atoms in total. The van der Waals surface area contributed by atoms with Gasteiger partial charge in [-0.2, -0.15) is 0 Å². The molecule has 2 aromatic rings. The number of thiol groups is 1. The van der Waals surface area contributed by atoms with E-state index in [1.54, 1.807) is 11.3 Å². The van der Waals surface area contributed by atoms with Crippen LogP contribution in [0.2, 0.25) is 0 Å². The van der Waals surface area contributed by atoms with Crippen molar-refractivity contribution in [2.24, 2.45) is 0 Å². The number of benzene rings is 1. The highest BCUT2D eigenvalue weighted by molar-refractivity contribution is 9.10. The van der Waals surface area contributed by atoms with Gasteiger partial charge in [-0.3, -0.25) is 4.79 Å². The SMILES string of the molecule is O=C(c1ccc(Br)cc1S)N1CCN(c2nccs2)CC1. The minimum Gasteiger partial charge on any atom is -0.345 e. The van der Waals surface area contributed by atoms with Crippen molar-refractivity contribution < 1.29 is 4.79 Å². The maximum Gasteiger partial charge on any atom is 0.255 e. The van der Waals surface area contributed by atoms with Crippen molar-refractivity contribution in [2.45, 2.75) is 4.90 Å². The molecule has 1 aromatic carbocycles. The molecule has 0 aliphatic carbocycles. The summed E-state index contributed by atoms with van der Waals surface area (Å²) < 4.78 is 0.928. The first-order chi connectivity index (χ1) is 10.1. The number of hydrogen-bond acceptors (Lipinski definition) is 5. The molecule has 0 saturated carbocycles. The number of carbonyl (C=O) groups is 1. The number of rotatable bonds is 2. The fraction of sp³-hybridized carbons (Fsp3) is 0.286. The molecule has 7 heteroatoms. The molecule has 0 bridgehead atoms. The first-order valence-electron chi connectivity index (χ1n) is 6.57. The third-order valence-corrected chi connectivity index (χ3v) is 5.14. The van der Waals surface area contributed by atoms with Gasteiger partial charge in [-0.1, -0.05) is 15.9 Å². The predicted octanol–water partition coefficient (Wildman–Crippen LogP) is 3.16. The van der Waals surface area contributed by atoms with Crippen LogP contribution >= 0.6 is 39.9 Å². The Balaban J connectivity index is 1.67. The molecule has 0 N–H and O–H groups in total. The van der Waals surface area contributed by atoms with Gasteiger partial charge in [0, 0.05) is 47.1 Å². The maximum absolute atomic E-state index is 12.6. The average molecular weight is 384 g/mol. The molecular formula is C14H14BrN3OS2. The minimum atomic E-state index is 0.0475.